The van der Waals surface area contributed by atoms with Gasteiger partial charge in [-0.1, -0.05) is 6.07 Å². The number of carbonyl (C=O) groups is 1. The molecule has 1 atom stereocenters. The Morgan fingerprint density at radius 2 is 2.27 bits per heavy atom. The van der Waals surface area contributed by atoms with Gasteiger partial charge in [0.05, 0.1) is 18.6 Å². The average molecular weight is 302 g/mol. The normalized spacial score (nSPS) is 11.9. The first-order chi connectivity index (χ1) is 10.5. The molecule has 0 saturated heterocycles. The Kier molecular flexibility index (Phi) is 4.93. The number of hydrogen-bond donors (Lipinski definition) is 2. The summed E-state index contributed by atoms with van der Waals surface area (Å²) in [5.41, 5.74) is 0.940. The van der Waals surface area contributed by atoms with Gasteiger partial charge >= 0.3 is 5.97 Å². The Labute approximate surface area is 127 Å². The van der Waals surface area contributed by atoms with Crippen LogP contribution in [0.4, 0.5) is 0 Å². The standard InChI is InChI=1S/C16H18N2O4/c1-3-22-14(20)8-12(11-5-4-6-17-9-11)15-13(19)7-10(2)18-16(15)21/h4-7,9,12H,3,8H2,1-2H3,(H2,18,19,21)/t12-/m1/s1. The number of hydrogen-bond acceptors (Lipinski definition) is 5. The quantitative estimate of drug-likeness (QED) is 0.823. The maximum Gasteiger partial charge on any atom is 0.306 e. The van der Waals surface area contributed by atoms with E-state index in [0.29, 0.717) is 11.3 Å². The van der Waals surface area contributed by atoms with Crippen molar-refractivity contribution in [3.05, 3.63) is 57.8 Å². The van der Waals surface area contributed by atoms with Gasteiger partial charge in [0, 0.05) is 24.0 Å². The first-order valence-electron chi connectivity index (χ1n) is 7.01. The molecule has 0 aromatic carbocycles. The van der Waals surface area contributed by atoms with Crippen molar-refractivity contribution in [1.29, 1.82) is 0 Å². The molecule has 2 aromatic rings. The maximum atomic E-state index is 12.2. The van der Waals surface area contributed by atoms with Crippen LogP contribution < -0.4 is 5.56 Å². The van der Waals surface area contributed by atoms with E-state index in [1.807, 2.05) is 0 Å². The van der Waals surface area contributed by atoms with Gasteiger partial charge in [0.15, 0.2) is 0 Å². The van der Waals surface area contributed by atoms with Crippen LogP contribution >= 0.6 is 0 Å². The van der Waals surface area contributed by atoms with E-state index in [0.717, 1.165) is 0 Å². The minimum Gasteiger partial charge on any atom is -0.507 e. The van der Waals surface area contributed by atoms with E-state index in [2.05, 4.69) is 9.97 Å². The lowest BCUT2D eigenvalue weighted by Crippen LogP contribution is -2.21. The SMILES string of the molecule is CCOC(=O)C[C@H](c1cccnc1)c1c(O)cc(C)[nH]c1=O. The highest BCUT2D eigenvalue weighted by Crippen LogP contribution is 2.31. The van der Waals surface area contributed by atoms with Crippen molar-refractivity contribution in [3.63, 3.8) is 0 Å². The lowest BCUT2D eigenvalue weighted by atomic mass is 9.89. The number of carbonyl (C=O) groups excluding carboxylic acids is 1. The number of H-pyrrole nitrogens is 1. The van der Waals surface area contributed by atoms with Crippen LogP contribution in [0.1, 0.15) is 36.1 Å². The highest BCUT2D eigenvalue weighted by molar-refractivity contribution is 5.71. The average Bonchev–Trinajstić information content (AvgIpc) is 2.46. The van der Waals surface area contributed by atoms with Crippen LogP contribution in [0.3, 0.4) is 0 Å². The summed E-state index contributed by atoms with van der Waals surface area (Å²) in [5.74, 6) is -1.19. The van der Waals surface area contributed by atoms with Crippen LogP contribution in [-0.2, 0) is 9.53 Å². The smallest absolute Gasteiger partial charge is 0.306 e. The summed E-state index contributed by atoms with van der Waals surface area (Å²) in [7, 11) is 0. The molecule has 116 valence electrons. The van der Waals surface area contributed by atoms with Crippen LogP contribution in [-0.4, -0.2) is 27.7 Å². The number of ether oxygens (including phenoxy) is 1. The van der Waals surface area contributed by atoms with Crippen molar-refractivity contribution in [1.82, 2.24) is 9.97 Å². The van der Waals surface area contributed by atoms with Gasteiger partial charge in [0.2, 0.25) is 0 Å². The predicted molar refractivity (Wildman–Crippen MR) is 80.8 cm³/mol. The molecule has 0 spiro atoms. The van der Waals surface area contributed by atoms with E-state index < -0.39 is 17.4 Å². The molecule has 0 saturated carbocycles. The molecule has 0 fully saturated rings. The summed E-state index contributed by atoms with van der Waals surface area (Å²) < 4.78 is 4.97. The van der Waals surface area contributed by atoms with E-state index in [-0.39, 0.29) is 24.3 Å². The van der Waals surface area contributed by atoms with E-state index >= 15 is 0 Å². The molecule has 0 aliphatic carbocycles. The molecule has 22 heavy (non-hydrogen) atoms. The zero-order chi connectivity index (χ0) is 16.1. The first-order valence-corrected chi connectivity index (χ1v) is 7.01. The zero-order valence-electron chi connectivity index (χ0n) is 12.5. The third-order valence-corrected chi connectivity index (χ3v) is 3.30. The number of nitrogens with zero attached hydrogens (tertiary/aromatic N) is 1. The predicted octanol–water partition coefficient (Wildman–Crippen LogP) is 1.87. The molecular formula is C16H18N2O4. The molecule has 0 aliphatic rings. The van der Waals surface area contributed by atoms with Gasteiger partial charge in [-0.3, -0.25) is 14.6 Å². The highest BCUT2D eigenvalue weighted by Gasteiger charge is 2.25. The second-order valence-electron chi connectivity index (χ2n) is 4.93. The van der Waals surface area contributed by atoms with Crippen LogP contribution in [0.25, 0.3) is 0 Å². The number of aromatic amines is 1. The summed E-state index contributed by atoms with van der Waals surface area (Å²) in [6.45, 7) is 3.65. The molecule has 6 nitrogen and oxygen atoms in total. The lowest BCUT2D eigenvalue weighted by molar-refractivity contribution is -0.143. The molecule has 0 unspecified atom stereocenters. The van der Waals surface area contributed by atoms with Gasteiger partial charge in [0.1, 0.15) is 5.75 Å². The molecule has 2 N–H and O–H groups in total. The monoisotopic (exact) mass is 302 g/mol. The van der Waals surface area contributed by atoms with Gasteiger partial charge in [0.25, 0.3) is 5.56 Å². The van der Waals surface area contributed by atoms with Crippen molar-refractivity contribution in [2.45, 2.75) is 26.2 Å². The summed E-state index contributed by atoms with van der Waals surface area (Å²) in [6.07, 6.45) is 3.13. The minimum absolute atomic E-state index is 0.0424. The number of pyridine rings is 2. The van der Waals surface area contributed by atoms with Gasteiger partial charge in [-0.05, 0) is 31.5 Å². The topological polar surface area (TPSA) is 92.3 Å². The Morgan fingerprint density at radius 3 is 2.86 bits per heavy atom. The molecule has 0 amide bonds. The van der Waals surface area contributed by atoms with E-state index in [9.17, 15) is 14.7 Å². The molecule has 2 heterocycles. The number of rotatable bonds is 5. The van der Waals surface area contributed by atoms with E-state index in [1.165, 1.54) is 6.07 Å². The molecule has 2 aromatic heterocycles. The van der Waals surface area contributed by atoms with Crippen LogP contribution in [0.5, 0.6) is 5.75 Å². The summed E-state index contributed by atoms with van der Waals surface area (Å²) in [4.78, 5) is 30.7. The fourth-order valence-electron chi connectivity index (χ4n) is 2.37. The van der Waals surface area contributed by atoms with Crippen molar-refractivity contribution < 1.29 is 14.6 Å². The van der Waals surface area contributed by atoms with Crippen molar-refractivity contribution in [3.8, 4) is 5.75 Å². The number of aromatic nitrogens is 2. The fourth-order valence-corrected chi connectivity index (χ4v) is 2.37. The van der Waals surface area contributed by atoms with Crippen LogP contribution in [0.15, 0.2) is 35.4 Å². The Morgan fingerprint density at radius 1 is 1.50 bits per heavy atom. The molecule has 2 rings (SSSR count). The highest BCUT2D eigenvalue weighted by atomic mass is 16.5. The van der Waals surface area contributed by atoms with Gasteiger partial charge < -0.3 is 14.8 Å². The summed E-state index contributed by atoms with van der Waals surface area (Å²) >= 11 is 0. The molecule has 0 bridgehead atoms. The van der Waals surface area contributed by atoms with Crippen LogP contribution in [0, 0.1) is 6.92 Å². The van der Waals surface area contributed by atoms with Gasteiger partial charge in [-0.25, -0.2) is 0 Å². The Balaban J connectivity index is 2.50. The number of aromatic hydroxyl groups is 1. The molecule has 6 heteroatoms. The largest absolute Gasteiger partial charge is 0.507 e. The van der Waals surface area contributed by atoms with E-state index in [1.54, 1.807) is 38.4 Å². The second-order valence-corrected chi connectivity index (χ2v) is 4.93. The molecular weight excluding hydrogens is 284 g/mol. The molecule has 0 aliphatic heterocycles. The molecule has 0 radical (unpaired) electrons. The van der Waals surface area contributed by atoms with Crippen LogP contribution in [0.2, 0.25) is 0 Å². The first kappa shape index (κ1) is 15.8. The lowest BCUT2D eigenvalue weighted by Gasteiger charge is -2.17. The van der Waals surface area contributed by atoms with Gasteiger partial charge in [-0.2, -0.15) is 0 Å². The second kappa shape index (κ2) is 6.89. The van der Waals surface area contributed by atoms with E-state index in [4.69, 9.17) is 4.74 Å². The van der Waals surface area contributed by atoms with Crippen molar-refractivity contribution >= 4 is 5.97 Å². The van der Waals surface area contributed by atoms with Gasteiger partial charge in [-0.15, -0.1) is 0 Å². The maximum absolute atomic E-state index is 12.2. The third kappa shape index (κ3) is 3.52. The van der Waals surface area contributed by atoms with Crippen molar-refractivity contribution in [2.24, 2.45) is 0 Å². The Hall–Kier alpha value is -2.63. The fraction of sp³-hybridized carbons (Fsp3) is 0.312. The number of aryl methyl sites for hydroxylation is 1. The third-order valence-electron chi connectivity index (χ3n) is 3.30. The Bertz CT molecular complexity index is 710. The minimum atomic E-state index is -0.614. The summed E-state index contributed by atoms with van der Waals surface area (Å²) in [5, 5.41) is 10.2. The number of nitrogens with one attached hydrogen (secondary N) is 1. The van der Waals surface area contributed by atoms with Crippen molar-refractivity contribution in [2.75, 3.05) is 6.61 Å². The number of esters is 1. The zero-order valence-corrected chi connectivity index (χ0v) is 12.5. The summed E-state index contributed by atoms with van der Waals surface area (Å²) in [6, 6.07) is 4.94.